The third-order valence-electron chi connectivity index (χ3n) is 3.25. The fourth-order valence-electron chi connectivity index (χ4n) is 2.19. The lowest BCUT2D eigenvalue weighted by Gasteiger charge is -2.09. The fraction of sp³-hybridized carbons (Fsp3) is 0.133. The smallest absolute Gasteiger partial charge is 0.334 e. The molecule has 20 heavy (non-hydrogen) atoms. The van der Waals surface area contributed by atoms with E-state index < -0.39 is 11.7 Å². The number of imidazole rings is 1. The predicted molar refractivity (Wildman–Crippen MR) is 71.2 cm³/mol. The second-order valence-corrected chi connectivity index (χ2v) is 4.64. The van der Waals surface area contributed by atoms with E-state index in [1.54, 1.807) is 24.5 Å². The zero-order valence-electron chi connectivity index (χ0n) is 10.6. The normalized spacial score (nSPS) is 12.0. The van der Waals surface area contributed by atoms with Crippen LogP contribution in [0.3, 0.4) is 0 Å². The first-order valence-electron chi connectivity index (χ1n) is 6.04. The molecule has 0 atom stereocenters. The standard InChI is InChI=1S/C15H11F3N2/c1-20-9-19-13-8-11(5-6-14(13)20)10-3-2-4-12(7-10)15(16,17)18/h2-9H,1H3. The number of aryl methyl sites for hydroxylation is 1. The van der Waals surface area contributed by atoms with Crippen molar-refractivity contribution in [3.05, 3.63) is 54.4 Å². The summed E-state index contributed by atoms with van der Waals surface area (Å²) in [4.78, 5) is 4.22. The molecule has 0 aliphatic rings. The summed E-state index contributed by atoms with van der Waals surface area (Å²) < 4.78 is 40.0. The van der Waals surface area contributed by atoms with Crippen molar-refractivity contribution in [2.24, 2.45) is 7.05 Å². The Morgan fingerprint density at radius 3 is 2.50 bits per heavy atom. The first-order valence-corrected chi connectivity index (χ1v) is 6.04. The van der Waals surface area contributed by atoms with Crippen LogP contribution in [-0.2, 0) is 13.2 Å². The predicted octanol–water partition coefficient (Wildman–Crippen LogP) is 4.26. The van der Waals surface area contributed by atoms with Gasteiger partial charge in [-0.15, -0.1) is 0 Å². The van der Waals surface area contributed by atoms with Crippen LogP contribution in [0, 0.1) is 0 Å². The molecular formula is C15H11F3N2. The molecular weight excluding hydrogens is 265 g/mol. The fourth-order valence-corrected chi connectivity index (χ4v) is 2.19. The molecule has 3 aromatic rings. The molecule has 0 spiro atoms. The molecule has 0 radical (unpaired) electrons. The minimum absolute atomic E-state index is 0.535. The number of hydrogen-bond donors (Lipinski definition) is 0. The van der Waals surface area contributed by atoms with Crippen molar-refractivity contribution < 1.29 is 13.2 Å². The Hall–Kier alpha value is -2.30. The first-order chi connectivity index (χ1) is 9.45. The van der Waals surface area contributed by atoms with Crippen molar-refractivity contribution in [1.29, 1.82) is 0 Å². The number of fused-ring (bicyclic) bond motifs is 1. The number of nitrogens with zero attached hydrogens (tertiary/aromatic N) is 2. The summed E-state index contributed by atoms with van der Waals surface area (Å²) in [6, 6.07) is 10.8. The molecule has 2 nitrogen and oxygen atoms in total. The highest BCUT2D eigenvalue weighted by Gasteiger charge is 2.30. The maximum Gasteiger partial charge on any atom is 0.416 e. The van der Waals surface area contributed by atoms with Crippen LogP contribution in [-0.4, -0.2) is 9.55 Å². The maximum absolute atomic E-state index is 12.7. The van der Waals surface area contributed by atoms with Crippen molar-refractivity contribution in [3.63, 3.8) is 0 Å². The number of alkyl halides is 3. The molecule has 0 fully saturated rings. The Balaban J connectivity index is 2.11. The van der Waals surface area contributed by atoms with Gasteiger partial charge in [0.15, 0.2) is 0 Å². The molecule has 0 unspecified atom stereocenters. The van der Waals surface area contributed by atoms with Gasteiger partial charge in [0.25, 0.3) is 0 Å². The summed E-state index contributed by atoms with van der Waals surface area (Å²) >= 11 is 0. The molecule has 0 aliphatic heterocycles. The molecule has 0 aliphatic carbocycles. The molecule has 2 aromatic carbocycles. The average molecular weight is 276 g/mol. The van der Waals surface area contributed by atoms with Gasteiger partial charge < -0.3 is 4.57 Å². The molecule has 1 aromatic heterocycles. The Morgan fingerprint density at radius 2 is 1.75 bits per heavy atom. The third-order valence-corrected chi connectivity index (χ3v) is 3.25. The van der Waals surface area contributed by atoms with Crippen LogP contribution in [0.4, 0.5) is 13.2 Å². The van der Waals surface area contributed by atoms with E-state index in [2.05, 4.69) is 4.98 Å². The van der Waals surface area contributed by atoms with Gasteiger partial charge in [-0.1, -0.05) is 18.2 Å². The second-order valence-electron chi connectivity index (χ2n) is 4.64. The molecule has 0 saturated carbocycles. The van der Waals surface area contributed by atoms with Gasteiger partial charge in [0.2, 0.25) is 0 Å². The average Bonchev–Trinajstić information content (AvgIpc) is 2.79. The van der Waals surface area contributed by atoms with Crippen LogP contribution < -0.4 is 0 Å². The van der Waals surface area contributed by atoms with Gasteiger partial charge in [-0.2, -0.15) is 13.2 Å². The van der Waals surface area contributed by atoms with Crippen LogP contribution in [0.15, 0.2) is 48.8 Å². The Bertz CT molecular complexity index is 772. The number of rotatable bonds is 1. The van der Waals surface area contributed by atoms with Gasteiger partial charge in [-0.3, -0.25) is 0 Å². The molecule has 1 heterocycles. The van der Waals surface area contributed by atoms with Crippen LogP contribution in [0.25, 0.3) is 22.2 Å². The maximum atomic E-state index is 12.7. The van der Waals surface area contributed by atoms with E-state index in [1.807, 2.05) is 17.7 Å². The highest BCUT2D eigenvalue weighted by atomic mass is 19.4. The number of halogens is 3. The number of aromatic nitrogens is 2. The monoisotopic (exact) mass is 276 g/mol. The van der Waals surface area contributed by atoms with Crippen molar-refractivity contribution >= 4 is 11.0 Å². The van der Waals surface area contributed by atoms with Crippen LogP contribution in [0.5, 0.6) is 0 Å². The molecule has 0 bridgehead atoms. The van der Waals surface area contributed by atoms with Gasteiger partial charge in [-0.05, 0) is 35.4 Å². The lowest BCUT2D eigenvalue weighted by Crippen LogP contribution is -2.04. The minimum Gasteiger partial charge on any atom is -0.334 e. The summed E-state index contributed by atoms with van der Waals surface area (Å²) in [6.07, 6.45) is -2.65. The number of benzene rings is 2. The minimum atomic E-state index is -4.33. The Labute approximate surface area is 113 Å². The third kappa shape index (κ3) is 2.15. The molecule has 5 heteroatoms. The molecule has 102 valence electrons. The molecule has 3 rings (SSSR count). The molecule has 0 amide bonds. The topological polar surface area (TPSA) is 17.8 Å². The second kappa shape index (κ2) is 4.37. The summed E-state index contributed by atoms with van der Waals surface area (Å²) in [5.41, 5.74) is 2.33. The van der Waals surface area contributed by atoms with Gasteiger partial charge >= 0.3 is 6.18 Å². The van der Waals surface area contributed by atoms with E-state index in [9.17, 15) is 13.2 Å². The van der Waals surface area contributed by atoms with Crippen molar-refractivity contribution in [2.45, 2.75) is 6.18 Å². The summed E-state index contributed by atoms with van der Waals surface area (Å²) in [5, 5.41) is 0. The lowest BCUT2D eigenvalue weighted by atomic mass is 10.0. The van der Waals surface area contributed by atoms with Crippen LogP contribution >= 0.6 is 0 Å². The van der Waals surface area contributed by atoms with Gasteiger partial charge in [-0.25, -0.2) is 4.98 Å². The quantitative estimate of drug-likeness (QED) is 0.649. The number of hydrogen-bond acceptors (Lipinski definition) is 1. The van der Waals surface area contributed by atoms with Gasteiger partial charge in [0.05, 0.1) is 22.9 Å². The zero-order chi connectivity index (χ0) is 14.3. The Kier molecular flexibility index (Phi) is 2.78. The van der Waals surface area contributed by atoms with Crippen molar-refractivity contribution in [3.8, 4) is 11.1 Å². The van der Waals surface area contributed by atoms with E-state index >= 15 is 0 Å². The lowest BCUT2D eigenvalue weighted by molar-refractivity contribution is -0.137. The van der Waals surface area contributed by atoms with E-state index in [-0.39, 0.29) is 0 Å². The molecule has 0 saturated heterocycles. The zero-order valence-corrected chi connectivity index (χ0v) is 10.6. The first kappa shape index (κ1) is 12.7. The Morgan fingerprint density at radius 1 is 1.00 bits per heavy atom. The summed E-state index contributed by atoms with van der Waals surface area (Å²) in [7, 11) is 1.87. The highest BCUT2D eigenvalue weighted by molar-refractivity contribution is 5.82. The van der Waals surface area contributed by atoms with E-state index in [0.717, 1.165) is 28.7 Å². The van der Waals surface area contributed by atoms with Crippen molar-refractivity contribution in [1.82, 2.24) is 9.55 Å². The van der Waals surface area contributed by atoms with E-state index in [1.165, 1.54) is 6.07 Å². The summed E-state index contributed by atoms with van der Waals surface area (Å²) in [6.45, 7) is 0. The van der Waals surface area contributed by atoms with E-state index in [4.69, 9.17) is 0 Å². The van der Waals surface area contributed by atoms with Crippen LogP contribution in [0.1, 0.15) is 5.56 Å². The summed E-state index contributed by atoms with van der Waals surface area (Å²) in [5.74, 6) is 0. The SMILES string of the molecule is Cn1cnc2cc(-c3cccc(C(F)(F)F)c3)ccc21. The van der Waals surface area contributed by atoms with Gasteiger partial charge in [0.1, 0.15) is 0 Å². The highest BCUT2D eigenvalue weighted by Crippen LogP contribution is 2.32. The van der Waals surface area contributed by atoms with Crippen LogP contribution in [0.2, 0.25) is 0 Å². The van der Waals surface area contributed by atoms with Crippen molar-refractivity contribution in [2.75, 3.05) is 0 Å². The van der Waals surface area contributed by atoms with E-state index in [0.29, 0.717) is 5.56 Å². The van der Waals surface area contributed by atoms with Gasteiger partial charge in [0, 0.05) is 7.05 Å². The largest absolute Gasteiger partial charge is 0.416 e. The molecule has 0 N–H and O–H groups in total.